The van der Waals surface area contributed by atoms with Gasteiger partial charge in [-0.05, 0) is 6.92 Å². The molecular formula is C17H9F4NO2. The minimum absolute atomic E-state index is 0.188. The molecule has 0 heterocycles. The van der Waals surface area contributed by atoms with E-state index in [1.165, 1.54) is 30.3 Å². The lowest BCUT2D eigenvalue weighted by Gasteiger charge is -2.06. The van der Waals surface area contributed by atoms with Gasteiger partial charge in [-0.1, -0.05) is 29.8 Å². The maximum atomic E-state index is 13.9. The van der Waals surface area contributed by atoms with E-state index in [1.807, 2.05) is 0 Å². The lowest BCUT2D eigenvalue weighted by molar-refractivity contribution is -0.131. The number of halogens is 4. The predicted molar refractivity (Wildman–Crippen MR) is 77.0 cm³/mol. The number of hydrogen-bond donors (Lipinski definition) is 0. The topological polar surface area (TPSA) is 50.1 Å². The zero-order valence-corrected chi connectivity index (χ0v) is 12.2. The van der Waals surface area contributed by atoms with Gasteiger partial charge in [-0.3, -0.25) is 0 Å². The number of carbonyl (C=O) groups excluding carboxylic acids is 1. The number of nitrogens with zero attached hydrogens (tertiary/aromatic N) is 1. The molecule has 0 aliphatic rings. The third kappa shape index (κ3) is 3.60. The maximum Gasteiger partial charge on any atom is 0.375 e. The van der Waals surface area contributed by atoms with Gasteiger partial charge >= 0.3 is 5.97 Å². The lowest BCUT2D eigenvalue weighted by atomic mass is 10.1. The van der Waals surface area contributed by atoms with E-state index >= 15 is 0 Å². The summed E-state index contributed by atoms with van der Waals surface area (Å²) in [4.78, 5) is 11.6. The molecule has 0 aliphatic carbocycles. The zero-order valence-electron chi connectivity index (χ0n) is 12.2. The first-order chi connectivity index (χ1) is 11.3. The number of benzene rings is 2. The van der Waals surface area contributed by atoms with Crippen LogP contribution in [0.15, 0.2) is 42.2 Å². The molecule has 0 amide bonds. The maximum absolute atomic E-state index is 13.9. The summed E-state index contributed by atoms with van der Waals surface area (Å²) in [7, 11) is 0. The molecule has 2 rings (SSSR count). The van der Waals surface area contributed by atoms with E-state index in [4.69, 9.17) is 5.26 Å². The van der Waals surface area contributed by atoms with E-state index in [9.17, 15) is 22.4 Å². The summed E-state index contributed by atoms with van der Waals surface area (Å²) in [6.45, 7) is 1.74. The van der Waals surface area contributed by atoms with Crippen LogP contribution in [0.2, 0.25) is 0 Å². The summed E-state index contributed by atoms with van der Waals surface area (Å²) in [6.07, 6.45) is 0. The van der Waals surface area contributed by atoms with Gasteiger partial charge in [0.05, 0.1) is 0 Å². The van der Waals surface area contributed by atoms with E-state index in [2.05, 4.69) is 4.74 Å². The fourth-order valence-electron chi connectivity index (χ4n) is 1.78. The van der Waals surface area contributed by atoms with Crippen molar-refractivity contribution in [2.75, 3.05) is 0 Å². The van der Waals surface area contributed by atoms with Crippen molar-refractivity contribution in [3.63, 3.8) is 0 Å². The Morgan fingerprint density at radius 2 is 1.62 bits per heavy atom. The summed E-state index contributed by atoms with van der Waals surface area (Å²) in [5, 5.41) is 8.52. The second-order valence-electron chi connectivity index (χ2n) is 4.76. The van der Waals surface area contributed by atoms with Gasteiger partial charge in [0, 0.05) is 17.7 Å². The smallest absolute Gasteiger partial charge is 0.375 e. The number of aryl methyl sites for hydroxylation is 1. The van der Waals surface area contributed by atoms with Crippen LogP contribution in [0.5, 0.6) is 5.75 Å². The molecule has 2 aromatic rings. The van der Waals surface area contributed by atoms with Crippen molar-refractivity contribution in [2.45, 2.75) is 6.92 Å². The molecule has 0 N–H and O–H groups in total. The first-order valence-corrected chi connectivity index (χ1v) is 6.57. The van der Waals surface area contributed by atoms with Gasteiger partial charge in [0.2, 0.25) is 5.83 Å². The Labute approximate surface area is 134 Å². The second-order valence-corrected chi connectivity index (χ2v) is 4.76. The van der Waals surface area contributed by atoms with E-state index in [0.29, 0.717) is 12.1 Å². The Kier molecular flexibility index (Phi) is 4.99. The Morgan fingerprint density at radius 1 is 1.08 bits per heavy atom. The first-order valence-electron chi connectivity index (χ1n) is 6.57. The largest absolute Gasteiger partial charge is 0.421 e. The highest BCUT2D eigenvalue weighted by atomic mass is 19.2. The van der Waals surface area contributed by atoms with Crippen LogP contribution in [0.1, 0.15) is 16.7 Å². The first kappa shape index (κ1) is 17.2. The molecule has 0 unspecified atom stereocenters. The molecule has 2 aromatic carbocycles. The molecule has 0 bridgehead atoms. The molecule has 0 spiro atoms. The van der Waals surface area contributed by atoms with Crippen LogP contribution < -0.4 is 4.74 Å². The molecule has 24 heavy (non-hydrogen) atoms. The van der Waals surface area contributed by atoms with Crippen molar-refractivity contribution in [1.29, 1.82) is 5.26 Å². The average molecular weight is 335 g/mol. The fraction of sp³-hybridized carbons (Fsp3) is 0.0588. The van der Waals surface area contributed by atoms with E-state index in [1.54, 1.807) is 6.92 Å². The van der Waals surface area contributed by atoms with Crippen LogP contribution in [0.4, 0.5) is 17.6 Å². The predicted octanol–water partition coefficient (Wildman–Crippen LogP) is 4.36. The van der Waals surface area contributed by atoms with Crippen molar-refractivity contribution >= 4 is 11.8 Å². The summed E-state index contributed by atoms with van der Waals surface area (Å²) in [5.41, 5.74) is -0.262. The van der Waals surface area contributed by atoms with Crippen LogP contribution in [0.25, 0.3) is 5.83 Å². The van der Waals surface area contributed by atoms with Gasteiger partial charge in [-0.25, -0.2) is 18.0 Å². The van der Waals surface area contributed by atoms with E-state index in [-0.39, 0.29) is 5.56 Å². The molecule has 0 aromatic heterocycles. The van der Waals surface area contributed by atoms with Crippen LogP contribution in [-0.4, -0.2) is 5.97 Å². The molecular weight excluding hydrogens is 326 g/mol. The lowest BCUT2D eigenvalue weighted by Crippen LogP contribution is -2.10. The molecule has 122 valence electrons. The van der Waals surface area contributed by atoms with Gasteiger partial charge in [0.1, 0.15) is 29.0 Å². The fourth-order valence-corrected chi connectivity index (χ4v) is 1.78. The molecule has 0 aliphatic heterocycles. The minimum atomic E-state index is -1.84. The zero-order chi connectivity index (χ0) is 17.9. The van der Waals surface area contributed by atoms with Gasteiger partial charge in [-0.2, -0.15) is 9.65 Å². The van der Waals surface area contributed by atoms with Gasteiger partial charge in [0.15, 0.2) is 5.83 Å². The molecule has 0 radical (unpaired) electrons. The quantitative estimate of drug-likeness (QED) is 0.362. The Bertz CT molecular complexity index is 844. The number of hydrogen-bond acceptors (Lipinski definition) is 3. The average Bonchev–Trinajstić information content (AvgIpc) is 2.54. The number of rotatable bonds is 3. The highest BCUT2D eigenvalue weighted by Crippen LogP contribution is 2.25. The highest BCUT2D eigenvalue weighted by molar-refractivity contribution is 5.94. The molecule has 0 atom stereocenters. The molecule has 0 saturated heterocycles. The van der Waals surface area contributed by atoms with Crippen molar-refractivity contribution < 1.29 is 27.1 Å². The normalized spacial score (nSPS) is 11.5. The van der Waals surface area contributed by atoms with Crippen molar-refractivity contribution in [1.82, 2.24) is 0 Å². The van der Waals surface area contributed by atoms with Crippen molar-refractivity contribution in [3.8, 4) is 11.8 Å². The number of nitriles is 1. The molecule has 7 heteroatoms. The molecule has 0 saturated carbocycles. The Morgan fingerprint density at radius 3 is 2.12 bits per heavy atom. The Balaban J connectivity index is 2.27. The van der Waals surface area contributed by atoms with Crippen LogP contribution >= 0.6 is 0 Å². The van der Waals surface area contributed by atoms with Crippen molar-refractivity contribution in [3.05, 3.63) is 70.5 Å². The highest BCUT2D eigenvalue weighted by Gasteiger charge is 2.21. The minimum Gasteiger partial charge on any atom is -0.421 e. The number of ether oxygens (including phenoxy) is 1. The van der Waals surface area contributed by atoms with Gasteiger partial charge in [-0.15, -0.1) is 0 Å². The van der Waals surface area contributed by atoms with Crippen molar-refractivity contribution in [2.24, 2.45) is 0 Å². The van der Waals surface area contributed by atoms with Crippen LogP contribution in [0.3, 0.4) is 0 Å². The second kappa shape index (κ2) is 6.96. The standard InChI is InChI=1S/C17H9F4NO2/c1-9-2-4-10(5-3-9)15(20)16(21)17(23)24-11-6-13(18)12(8-22)14(19)7-11/h2-7H,1H3/b16-15+. The Hall–Kier alpha value is -3.14. The van der Waals surface area contributed by atoms with E-state index in [0.717, 1.165) is 5.56 Å². The van der Waals surface area contributed by atoms with Crippen LogP contribution in [-0.2, 0) is 4.79 Å². The third-order valence-corrected chi connectivity index (χ3v) is 3.01. The van der Waals surface area contributed by atoms with Gasteiger partial charge in [0.25, 0.3) is 0 Å². The third-order valence-electron chi connectivity index (χ3n) is 3.01. The molecule has 0 fully saturated rings. The molecule has 3 nitrogen and oxygen atoms in total. The van der Waals surface area contributed by atoms with E-state index < -0.39 is 40.6 Å². The SMILES string of the molecule is Cc1ccc(/C(F)=C(\F)C(=O)Oc2cc(F)c(C#N)c(F)c2)cc1. The number of esters is 1. The summed E-state index contributed by atoms with van der Waals surface area (Å²) in [5.74, 6) is -8.33. The number of carbonyl (C=O) groups is 1. The summed E-state index contributed by atoms with van der Waals surface area (Å²) in [6, 6.07) is 7.88. The van der Waals surface area contributed by atoms with Crippen LogP contribution in [0, 0.1) is 29.9 Å². The summed E-state index contributed by atoms with van der Waals surface area (Å²) >= 11 is 0. The monoisotopic (exact) mass is 335 g/mol. The van der Waals surface area contributed by atoms with Gasteiger partial charge < -0.3 is 4.74 Å². The summed E-state index contributed by atoms with van der Waals surface area (Å²) < 4.78 is 58.9.